The summed E-state index contributed by atoms with van der Waals surface area (Å²) >= 11 is 1.46. The van der Waals surface area contributed by atoms with Crippen LogP contribution in [0.5, 0.6) is 0 Å². The number of hydrogen-bond donors (Lipinski definition) is 1. The second-order valence-electron chi connectivity index (χ2n) is 5.70. The molecule has 0 aromatic carbocycles. The molecule has 0 fully saturated rings. The average molecular weight is 343 g/mol. The van der Waals surface area contributed by atoms with Crippen molar-refractivity contribution in [2.24, 2.45) is 5.92 Å². The van der Waals surface area contributed by atoms with Crippen molar-refractivity contribution in [3.63, 3.8) is 0 Å². The van der Waals surface area contributed by atoms with Crippen LogP contribution in [0.25, 0.3) is 10.7 Å². The number of nitrogens with zero attached hydrogens (tertiary/aromatic N) is 4. The number of carbonyl (C=O) groups excluding carboxylic acids is 1. The van der Waals surface area contributed by atoms with Gasteiger partial charge in [-0.15, -0.1) is 11.3 Å². The summed E-state index contributed by atoms with van der Waals surface area (Å²) in [5.74, 6) is 0.377. The number of hydrogen-bond acceptors (Lipinski definition) is 7. The summed E-state index contributed by atoms with van der Waals surface area (Å²) in [5.41, 5.74) is 2.26. The fourth-order valence-electron chi connectivity index (χ4n) is 2.11. The van der Waals surface area contributed by atoms with Crippen LogP contribution in [0.4, 0.5) is 0 Å². The van der Waals surface area contributed by atoms with E-state index in [1.54, 1.807) is 24.7 Å². The number of nitrogens with one attached hydrogen (secondary N) is 1. The van der Waals surface area contributed by atoms with Gasteiger partial charge in [0, 0.05) is 23.8 Å². The number of thiazole rings is 1. The van der Waals surface area contributed by atoms with Crippen molar-refractivity contribution >= 4 is 17.2 Å². The van der Waals surface area contributed by atoms with Gasteiger partial charge in [0.05, 0.1) is 24.1 Å². The Kier molecular flexibility index (Phi) is 4.95. The van der Waals surface area contributed by atoms with Crippen molar-refractivity contribution in [2.75, 3.05) is 0 Å². The molecule has 3 aromatic heterocycles. The molecule has 124 valence electrons. The van der Waals surface area contributed by atoms with E-state index < -0.39 is 0 Å². The van der Waals surface area contributed by atoms with Gasteiger partial charge in [0.15, 0.2) is 0 Å². The highest BCUT2D eigenvalue weighted by Gasteiger charge is 2.14. The second-order valence-corrected chi connectivity index (χ2v) is 6.56. The van der Waals surface area contributed by atoms with E-state index in [0.29, 0.717) is 18.2 Å². The van der Waals surface area contributed by atoms with E-state index in [1.807, 2.05) is 5.38 Å². The lowest BCUT2D eigenvalue weighted by Crippen LogP contribution is -2.22. The monoisotopic (exact) mass is 343 g/mol. The molecule has 8 heteroatoms. The fourth-order valence-corrected chi connectivity index (χ4v) is 2.89. The summed E-state index contributed by atoms with van der Waals surface area (Å²) < 4.78 is 5.09. The largest absolute Gasteiger partial charge is 0.351 e. The Labute approximate surface area is 143 Å². The van der Waals surface area contributed by atoms with Gasteiger partial charge < -0.3 is 9.84 Å². The van der Waals surface area contributed by atoms with Crippen LogP contribution in [0.1, 0.15) is 35.8 Å². The Balaban J connectivity index is 1.59. The highest BCUT2D eigenvalue weighted by molar-refractivity contribution is 7.13. The number of amides is 1. The number of carbonyl (C=O) groups is 1. The molecule has 0 saturated carbocycles. The molecule has 0 bridgehead atoms. The van der Waals surface area contributed by atoms with Crippen LogP contribution in [0.2, 0.25) is 0 Å². The summed E-state index contributed by atoms with van der Waals surface area (Å²) in [5, 5.41) is 9.35. The molecule has 0 unspecified atom stereocenters. The molecule has 0 radical (unpaired) electrons. The molecule has 3 rings (SSSR count). The molecule has 0 aliphatic heterocycles. The Morgan fingerprint density at radius 1 is 1.33 bits per heavy atom. The minimum Gasteiger partial charge on any atom is -0.351 e. The van der Waals surface area contributed by atoms with Crippen molar-refractivity contribution in [3.8, 4) is 10.7 Å². The summed E-state index contributed by atoms with van der Waals surface area (Å²) in [6.07, 6.45) is 5.68. The van der Waals surface area contributed by atoms with Gasteiger partial charge in [-0.25, -0.2) is 4.98 Å². The minimum absolute atomic E-state index is 0.218. The summed E-state index contributed by atoms with van der Waals surface area (Å²) in [6.45, 7) is 4.49. The average Bonchev–Trinajstić information content (AvgIpc) is 3.22. The van der Waals surface area contributed by atoms with Crippen LogP contribution in [0.3, 0.4) is 0 Å². The lowest BCUT2D eigenvalue weighted by molar-refractivity contribution is 0.0913. The molecule has 0 atom stereocenters. The number of rotatable bonds is 6. The Hall–Kier alpha value is -2.61. The maximum absolute atomic E-state index is 12.1. The van der Waals surface area contributed by atoms with Gasteiger partial charge in [-0.3, -0.25) is 14.8 Å². The van der Waals surface area contributed by atoms with Crippen molar-refractivity contribution in [1.82, 2.24) is 25.4 Å². The fraction of sp³-hybridized carbons (Fsp3) is 0.312. The molecular formula is C16H17N5O2S. The van der Waals surface area contributed by atoms with E-state index >= 15 is 0 Å². The molecule has 24 heavy (non-hydrogen) atoms. The van der Waals surface area contributed by atoms with E-state index in [4.69, 9.17) is 4.52 Å². The molecule has 0 spiro atoms. The van der Waals surface area contributed by atoms with Crippen molar-refractivity contribution in [1.29, 1.82) is 0 Å². The molecule has 0 saturated heterocycles. The van der Waals surface area contributed by atoms with Crippen LogP contribution in [-0.2, 0) is 13.0 Å². The SMILES string of the molecule is CC(C)Cc1cc(C(=O)NCc2csc(-c3cnccn3)n2)on1. The maximum atomic E-state index is 12.1. The van der Waals surface area contributed by atoms with Gasteiger partial charge in [-0.05, 0) is 12.3 Å². The van der Waals surface area contributed by atoms with Gasteiger partial charge in [0.1, 0.15) is 10.7 Å². The number of aromatic nitrogens is 4. The first kappa shape index (κ1) is 16.3. The molecule has 3 aromatic rings. The van der Waals surface area contributed by atoms with E-state index in [1.165, 1.54) is 11.3 Å². The van der Waals surface area contributed by atoms with Gasteiger partial charge in [-0.2, -0.15) is 0 Å². The lowest BCUT2D eigenvalue weighted by atomic mass is 10.1. The van der Waals surface area contributed by atoms with Crippen LogP contribution in [-0.4, -0.2) is 26.0 Å². The zero-order valence-electron chi connectivity index (χ0n) is 13.4. The third-order valence-electron chi connectivity index (χ3n) is 3.16. The standard InChI is InChI=1S/C16H17N5O2S/c1-10(2)5-11-6-14(23-21-11)15(22)19-7-12-9-24-16(20-12)13-8-17-3-4-18-13/h3-4,6,8-10H,5,7H2,1-2H3,(H,19,22). The first-order chi connectivity index (χ1) is 11.6. The molecule has 0 aliphatic carbocycles. The van der Waals surface area contributed by atoms with E-state index in [2.05, 4.69) is 39.3 Å². The topological polar surface area (TPSA) is 93.8 Å². The van der Waals surface area contributed by atoms with Gasteiger partial charge in [0.25, 0.3) is 5.91 Å². The van der Waals surface area contributed by atoms with Gasteiger partial charge in [0.2, 0.25) is 5.76 Å². The van der Waals surface area contributed by atoms with E-state index in [-0.39, 0.29) is 11.7 Å². The van der Waals surface area contributed by atoms with Crippen LogP contribution < -0.4 is 5.32 Å². The first-order valence-electron chi connectivity index (χ1n) is 7.56. The molecule has 1 N–H and O–H groups in total. The highest BCUT2D eigenvalue weighted by atomic mass is 32.1. The Bertz CT molecular complexity index is 813. The third-order valence-corrected chi connectivity index (χ3v) is 4.08. The Morgan fingerprint density at radius 2 is 2.21 bits per heavy atom. The van der Waals surface area contributed by atoms with Crippen molar-refractivity contribution in [2.45, 2.75) is 26.8 Å². The van der Waals surface area contributed by atoms with Crippen LogP contribution in [0.15, 0.2) is 34.6 Å². The van der Waals surface area contributed by atoms with Crippen LogP contribution in [0, 0.1) is 5.92 Å². The van der Waals surface area contributed by atoms with Crippen LogP contribution >= 0.6 is 11.3 Å². The van der Waals surface area contributed by atoms with Gasteiger partial charge in [-0.1, -0.05) is 19.0 Å². The minimum atomic E-state index is -0.299. The van der Waals surface area contributed by atoms with E-state index in [9.17, 15) is 4.79 Å². The highest BCUT2D eigenvalue weighted by Crippen LogP contribution is 2.20. The normalized spacial score (nSPS) is 11.0. The molecule has 0 aliphatic rings. The van der Waals surface area contributed by atoms with Crippen molar-refractivity contribution < 1.29 is 9.32 Å². The quantitative estimate of drug-likeness (QED) is 0.739. The first-order valence-corrected chi connectivity index (χ1v) is 8.44. The molecule has 1 amide bonds. The molecule has 7 nitrogen and oxygen atoms in total. The van der Waals surface area contributed by atoms with Crippen molar-refractivity contribution in [3.05, 3.63) is 47.2 Å². The summed E-state index contributed by atoms with van der Waals surface area (Å²) in [7, 11) is 0. The predicted molar refractivity (Wildman–Crippen MR) is 89.4 cm³/mol. The zero-order chi connectivity index (χ0) is 16.9. The second kappa shape index (κ2) is 7.31. The molecule has 3 heterocycles. The Morgan fingerprint density at radius 3 is 2.96 bits per heavy atom. The van der Waals surface area contributed by atoms with E-state index in [0.717, 1.165) is 22.8 Å². The smallest absolute Gasteiger partial charge is 0.290 e. The maximum Gasteiger partial charge on any atom is 0.290 e. The lowest BCUT2D eigenvalue weighted by Gasteiger charge is -1.99. The molecular weight excluding hydrogens is 326 g/mol. The zero-order valence-corrected chi connectivity index (χ0v) is 14.2. The predicted octanol–water partition coefficient (Wildman–Crippen LogP) is 2.72. The third kappa shape index (κ3) is 4.02. The summed E-state index contributed by atoms with van der Waals surface area (Å²) in [6, 6.07) is 1.68. The summed E-state index contributed by atoms with van der Waals surface area (Å²) in [4.78, 5) is 24.8. The van der Waals surface area contributed by atoms with Gasteiger partial charge >= 0.3 is 0 Å².